The van der Waals surface area contributed by atoms with E-state index in [9.17, 15) is 0 Å². The Morgan fingerprint density at radius 3 is 2.31 bits per heavy atom. The van der Waals surface area contributed by atoms with E-state index in [0.717, 1.165) is 33.7 Å². The third kappa shape index (κ3) is 2.58. The highest BCUT2D eigenvalue weighted by Gasteiger charge is 2.14. The highest BCUT2D eigenvalue weighted by Crippen LogP contribution is 2.36. The topological polar surface area (TPSA) is 31.4 Å². The summed E-state index contributed by atoms with van der Waals surface area (Å²) in [5.41, 5.74) is 5.31. The zero-order valence-corrected chi connectivity index (χ0v) is 14.2. The largest absolute Gasteiger partial charge is 0.486 e. The minimum atomic E-state index is 0.580. The van der Waals surface area contributed by atoms with Crippen molar-refractivity contribution in [2.45, 2.75) is 0 Å². The highest BCUT2D eigenvalue weighted by molar-refractivity contribution is 5.96. The third-order valence-electron chi connectivity index (χ3n) is 4.64. The van der Waals surface area contributed by atoms with Crippen LogP contribution in [0.25, 0.3) is 33.3 Å². The lowest BCUT2D eigenvalue weighted by atomic mass is 9.98. The maximum absolute atomic E-state index is 5.74. The van der Waals surface area contributed by atoms with Gasteiger partial charge in [0.1, 0.15) is 13.2 Å². The summed E-state index contributed by atoms with van der Waals surface area (Å²) in [6.07, 6.45) is 0. The van der Waals surface area contributed by atoms with E-state index >= 15 is 0 Å². The summed E-state index contributed by atoms with van der Waals surface area (Å²) in [4.78, 5) is 4.88. The number of fused-ring (bicyclic) bond motifs is 2. The average molecular weight is 339 g/mol. The van der Waals surface area contributed by atoms with Gasteiger partial charge in [0.05, 0.1) is 11.2 Å². The number of nitrogens with zero attached hydrogens (tertiary/aromatic N) is 1. The second kappa shape index (κ2) is 6.19. The minimum absolute atomic E-state index is 0.580. The van der Waals surface area contributed by atoms with Gasteiger partial charge in [0.2, 0.25) is 0 Å². The van der Waals surface area contributed by atoms with Crippen LogP contribution >= 0.6 is 0 Å². The van der Waals surface area contributed by atoms with Crippen LogP contribution in [0.15, 0.2) is 78.9 Å². The molecule has 0 amide bonds. The molecule has 1 aromatic heterocycles. The summed E-state index contributed by atoms with van der Waals surface area (Å²) < 4.78 is 11.4. The van der Waals surface area contributed by atoms with Gasteiger partial charge in [0.25, 0.3) is 0 Å². The van der Waals surface area contributed by atoms with Crippen LogP contribution in [0, 0.1) is 0 Å². The van der Waals surface area contributed by atoms with Crippen LogP contribution in [-0.4, -0.2) is 18.2 Å². The van der Waals surface area contributed by atoms with E-state index < -0.39 is 0 Å². The first-order chi connectivity index (χ1) is 12.9. The van der Waals surface area contributed by atoms with Gasteiger partial charge in [-0.05, 0) is 41.5 Å². The lowest BCUT2D eigenvalue weighted by Crippen LogP contribution is -2.15. The molecule has 3 heteroatoms. The van der Waals surface area contributed by atoms with Crippen LogP contribution in [-0.2, 0) is 0 Å². The van der Waals surface area contributed by atoms with E-state index in [-0.39, 0.29) is 0 Å². The number of hydrogen-bond acceptors (Lipinski definition) is 3. The first kappa shape index (κ1) is 15.0. The fraction of sp³-hybridized carbons (Fsp3) is 0.0870. The van der Waals surface area contributed by atoms with Crippen molar-refractivity contribution in [3.05, 3.63) is 78.9 Å². The summed E-state index contributed by atoms with van der Waals surface area (Å²) >= 11 is 0. The molecule has 0 radical (unpaired) electrons. The molecule has 4 aromatic rings. The Morgan fingerprint density at radius 2 is 1.42 bits per heavy atom. The standard InChI is InChI=1S/C23H17NO2/c1-2-6-16(7-3-1)19-15-21(24-20-9-5-4-8-18(19)20)17-10-11-22-23(14-17)26-13-12-25-22/h1-11,14-15H,12-13H2. The third-order valence-corrected chi connectivity index (χ3v) is 4.64. The quantitative estimate of drug-likeness (QED) is 0.494. The van der Waals surface area contributed by atoms with Gasteiger partial charge >= 0.3 is 0 Å². The summed E-state index contributed by atoms with van der Waals surface area (Å²) in [7, 11) is 0. The monoisotopic (exact) mass is 339 g/mol. The van der Waals surface area contributed by atoms with Crippen LogP contribution in [0.4, 0.5) is 0 Å². The van der Waals surface area contributed by atoms with E-state index in [1.807, 2.05) is 30.3 Å². The van der Waals surface area contributed by atoms with E-state index in [2.05, 4.69) is 48.5 Å². The lowest BCUT2D eigenvalue weighted by molar-refractivity contribution is 0.171. The minimum Gasteiger partial charge on any atom is -0.486 e. The molecule has 0 unspecified atom stereocenters. The van der Waals surface area contributed by atoms with E-state index in [4.69, 9.17) is 14.5 Å². The number of para-hydroxylation sites is 1. The molecule has 1 aliphatic rings. The fourth-order valence-corrected chi connectivity index (χ4v) is 3.38. The average Bonchev–Trinajstić information content (AvgIpc) is 2.73. The zero-order chi connectivity index (χ0) is 17.3. The molecule has 5 rings (SSSR count). The zero-order valence-electron chi connectivity index (χ0n) is 14.2. The summed E-state index contributed by atoms with van der Waals surface area (Å²) in [5, 5.41) is 1.15. The van der Waals surface area contributed by atoms with Crippen molar-refractivity contribution in [3.63, 3.8) is 0 Å². The molecule has 126 valence electrons. The lowest BCUT2D eigenvalue weighted by Gasteiger charge is -2.19. The molecule has 0 atom stereocenters. The SMILES string of the molecule is c1ccc(-c2cc(-c3ccc4c(c3)OCCO4)nc3ccccc23)cc1. The molecule has 2 heterocycles. The van der Waals surface area contributed by atoms with Crippen molar-refractivity contribution >= 4 is 10.9 Å². The Morgan fingerprint density at radius 1 is 0.654 bits per heavy atom. The van der Waals surface area contributed by atoms with Gasteiger partial charge in [0, 0.05) is 10.9 Å². The van der Waals surface area contributed by atoms with Crippen LogP contribution in [0.3, 0.4) is 0 Å². The van der Waals surface area contributed by atoms with Crippen molar-refractivity contribution in [2.75, 3.05) is 13.2 Å². The molecule has 0 spiro atoms. The molecular weight excluding hydrogens is 322 g/mol. The van der Waals surface area contributed by atoms with Gasteiger partial charge in [-0.3, -0.25) is 0 Å². The van der Waals surface area contributed by atoms with Crippen molar-refractivity contribution in [2.24, 2.45) is 0 Å². The smallest absolute Gasteiger partial charge is 0.162 e. The molecule has 3 nitrogen and oxygen atoms in total. The molecule has 1 aliphatic heterocycles. The van der Waals surface area contributed by atoms with Crippen molar-refractivity contribution < 1.29 is 9.47 Å². The number of hydrogen-bond donors (Lipinski definition) is 0. The Hall–Kier alpha value is -3.33. The number of rotatable bonds is 2. The Balaban J connectivity index is 1.72. The van der Waals surface area contributed by atoms with Crippen LogP contribution in [0.2, 0.25) is 0 Å². The Bertz CT molecular complexity index is 1090. The molecule has 0 bridgehead atoms. The second-order valence-electron chi connectivity index (χ2n) is 6.30. The summed E-state index contributed by atoms with van der Waals surface area (Å²) in [6.45, 7) is 1.18. The number of ether oxygens (including phenoxy) is 2. The molecule has 26 heavy (non-hydrogen) atoms. The Labute approximate surface area is 151 Å². The maximum Gasteiger partial charge on any atom is 0.162 e. The number of benzene rings is 3. The predicted molar refractivity (Wildman–Crippen MR) is 104 cm³/mol. The molecule has 0 aliphatic carbocycles. The summed E-state index contributed by atoms with van der Waals surface area (Å²) in [6, 6.07) is 26.9. The van der Waals surface area contributed by atoms with Crippen molar-refractivity contribution in [3.8, 4) is 33.9 Å². The van der Waals surface area contributed by atoms with Crippen LogP contribution in [0.1, 0.15) is 0 Å². The van der Waals surface area contributed by atoms with Gasteiger partial charge in [-0.25, -0.2) is 4.98 Å². The van der Waals surface area contributed by atoms with Gasteiger partial charge in [-0.1, -0.05) is 48.5 Å². The van der Waals surface area contributed by atoms with Crippen molar-refractivity contribution in [1.29, 1.82) is 0 Å². The van der Waals surface area contributed by atoms with Gasteiger partial charge < -0.3 is 9.47 Å². The first-order valence-electron chi connectivity index (χ1n) is 8.74. The highest BCUT2D eigenvalue weighted by atomic mass is 16.6. The molecule has 0 fully saturated rings. The molecular formula is C23H17NO2. The molecule has 0 saturated carbocycles. The maximum atomic E-state index is 5.74. The van der Waals surface area contributed by atoms with Crippen molar-refractivity contribution in [1.82, 2.24) is 4.98 Å². The van der Waals surface area contributed by atoms with Gasteiger partial charge in [-0.2, -0.15) is 0 Å². The second-order valence-corrected chi connectivity index (χ2v) is 6.30. The van der Waals surface area contributed by atoms with Crippen LogP contribution in [0.5, 0.6) is 11.5 Å². The van der Waals surface area contributed by atoms with Gasteiger partial charge in [-0.15, -0.1) is 0 Å². The summed E-state index contributed by atoms with van der Waals surface area (Å²) in [5.74, 6) is 1.58. The van der Waals surface area contributed by atoms with E-state index in [0.29, 0.717) is 13.2 Å². The molecule has 0 N–H and O–H groups in total. The fourth-order valence-electron chi connectivity index (χ4n) is 3.38. The van der Waals surface area contributed by atoms with E-state index in [1.165, 1.54) is 11.1 Å². The Kier molecular flexibility index (Phi) is 3.56. The first-order valence-corrected chi connectivity index (χ1v) is 8.74. The molecule has 0 saturated heterocycles. The number of aromatic nitrogens is 1. The van der Waals surface area contributed by atoms with Crippen LogP contribution < -0.4 is 9.47 Å². The van der Waals surface area contributed by atoms with Gasteiger partial charge in [0.15, 0.2) is 11.5 Å². The van der Waals surface area contributed by atoms with E-state index in [1.54, 1.807) is 0 Å². The number of pyridine rings is 1. The normalized spacial score (nSPS) is 12.9. The molecule has 3 aromatic carbocycles. The predicted octanol–water partition coefficient (Wildman–Crippen LogP) is 5.34.